The second-order valence-corrected chi connectivity index (χ2v) is 4.97. The summed E-state index contributed by atoms with van der Waals surface area (Å²) in [5, 5.41) is 3.36. The summed E-state index contributed by atoms with van der Waals surface area (Å²) in [5.41, 5.74) is 0.137. The van der Waals surface area contributed by atoms with E-state index in [1.807, 2.05) is 0 Å². The van der Waals surface area contributed by atoms with Gasteiger partial charge in [0.05, 0.1) is 5.56 Å². The van der Waals surface area contributed by atoms with Crippen LogP contribution in [-0.2, 0) is 12.6 Å². The van der Waals surface area contributed by atoms with Crippen LogP contribution in [0.4, 0.5) is 13.2 Å². The molecule has 2 rings (SSSR count). The molecule has 0 spiro atoms. The van der Waals surface area contributed by atoms with Gasteiger partial charge >= 0.3 is 6.18 Å². The molecule has 4 heteroatoms. The second kappa shape index (κ2) is 4.33. The lowest BCUT2D eigenvalue weighted by molar-refractivity contribution is -0.137. The lowest BCUT2D eigenvalue weighted by Crippen LogP contribution is -2.38. The van der Waals surface area contributed by atoms with Gasteiger partial charge in [-0.25, -0.2) is 0 Å². The average Bonchev–Trinajstić information content (AvgIpc) is 2.64. The summed E-state index contributed by atoms with van der Waals surface area (Å²) in [6, 6.07) is 5.62. The SMILES string of the molecule is C[C@]1(Cc2cccc(C(F)(F)F)c2)CCCN1. The maximum atomic E-state index is 12.6. The third-order valence-electron chi connectivity index (χ3n) is 3.31. The molecule has 94 valence electrons. The molecule has 0 aliphatic carbocycles. The van der Waals surface area contributed by atoms with Crippen molar-refractivity contribution in [1.29, 1.82) is 0 Å². The molecular weight excluding hydrogens is 227 g/mol. The van der Waals surface area contributed by atoms with Gasteiger partial charge in [0.2, 0.25) is 0 Å². The van der Waals surface area contributed by atoms with E-state index >= 15 is 0 Å². The Labute approximate surface area is 99.0 Å². The number of alkyl halides is 3. The first-order valence-corrected chi connectivity index (χ1v) is 5.80. The van der Waals surface area contributed by atoms with Gasteiger partial charge in [-0.3, -0.25) is 0 Å². The highest BCUT2D eigenvalue weighted by Crippen LogP contribution is 2.31. The first-order valence-electron chi connectivity index (χ1n) is 5.80. The zero-order valence-corrected chi connectivity index (χ0v) is 9.77. The maximum absolute atomic E-state index is 12.6. The van der Waals surface area contributed by atoms with Gasteiger partial charge in [-0.15, -0.1) is 0 Å². The number of nitrogens with one attached hydrogen (secondary N) is 1. The van der Waals surface area contributed by atoms with E-state index in [0.717, 1.165) is 31.0 Å². The van der Waals surface area contributed by atoms with E-state index in [2.05, 4.69) is 12.2 Å². The zero-order chi connectivity index (χ0) is 12.5. The molecule has 0 aromatic heterocycles. The third-order valence-corrected chi connectivity index (χ3v) is 3.31. The van der Waals surface area contributed by atoms with Gasteiger partial charge in [-0.1, -0.05) is 18.2 Å². The van der Waals surface area contributed by atoms with Crippen molar-refractivity contribution < 1.29 is 13.2 Å². The second-order valence-electron chi connectivity index (χ2n) is 4.97. The highest BCUT2D eigenvalue weighted by Gasteiger charge is 2.32. The Morgan fingerprint density at radius 3 is 2.71 bits per heavy atom. The van der Waals surface area contributed by atoms with Crippen LogP contribution in [0.25, 0.3) is 0 Å². The molecule has 1 aromatic carbocycles. The maximum Gasteiger partial charge on any atom is 0.416 e. The van der Waals surface area contributed by atoms with E-state index in [-0.39, 0.29) is 5.54 Å². The first-order chi connectivity index (χ1) is 7.89. The van der Waals surface area contributed by atoms with Crippen LogP contribution in [-0.4, -0.2) is 12.1 Å². The standard InChI is InChI=1S/C13H16F3N/c1-12(6-3-7-17-12)9-10-4-2-5-11(8-10)13(14,15)16/h2,4-5,8,17H,3,6-7,9H2,1H3/t12-/m1/s1. The van der Waals surface area contributed by atoms with Gasteiger partial charge < -0.3 is 5.32 Å². The van der Waals surface area contributed by atoms with E-state index in [9.17, 15) is 13.2 Å². The number of halogens is 3. The molecule has 1 fully saturated rings. The van der Waals surface area contributed by atoms with Crippen LogP contribution in [0.1, 0.15) is 30.9 Å². The molecular formula is C13H16F3N. The molecule has 1 aliphatic rings. The Morgan fingerprint density at radius 1 is 1.35 bits per heavy atom. The fourth-order valence-electron chi connectivity index (χ4n) is 2.42. The molecule has 0 unspecified atom stereocenters. The van der Waals surface area contributed by atoms with Crippen molar-refractivity contribution in [3.8, 4) is 0 Å². The predicted octanol–water partition coefficient (Wildman–Crippen LogP) is 3.39. The van der Waals surface area contributed by atoms with Crippen molar-refractivity contribution in [3.63, 3.8) is 0 Å². The summed E-state index contributed by atoms with van der Waals surface area (Å²) in [4.78, 5) is 0. The smallest absolute Gasteiger partial charge is 0.311 e. The van der Waals surface area contributed by atoms with Crippen molar-refractivity contribution in [3.05, 3.63) is 35.4 Å². The quantitative estimate of drug-likeness (QED) is 0.839. The Hall–Kier alpha value is -1.03. The predicted molar refractivity (Wildman–Crippen MR) is 60.8 cm³/mol. The highest BCUT2D eigenvalue weighted by atomic mass is 19.4. The molecule has 1 heterocycles. The summed E-state index contributed by atoms with van der Waals surface area (Å²) in [6.45, 7) is 3.02. The summed E-state index contributed by atoms with van der Waals surface area (Å²) in [5.74, 6) is 0. The fourth-order valence-corrected chi connectivity index (χ4v) is 2.42. The van der Waals surface area contributed by atoms with Gasteiger partial charge in [0.15, 0.2) is 0 Å². The zero-order valence-electron chi connectivity index (χ0n) is 9.77. The van der Waals surface area contributed by atoms with E-state index in [4.69, 9.17) is 0 Å². The lowest BCUT2D eigenvalue weighted by atomic mass is 9.91. The normalized spacial score (nSPS) is 25.2. The minimum atomic E-state index is -4.25. The van der Waals surface area contributed by atoms with Crippen LogP contribution < -0.4 is 5.32 Å². The van der Waals surface area contributed by atoms with Crippen LogP contribution in [0.15, 0.2) is 24.3 Å². The van der Waals surface area contributed by atoms with E-state index in [0.29, 0.717) is 6.42 Å². The molecule has 17 heavy (non-hydrogen) atoms. The number of rotatable bonds is 2. The minimum Gasteiger partial charge on any atom is -0.311 e. The summed E-state index contributed by atoms with van der Waals surface area (Å²) >= 11 is 0. The molecule has 1 N–H and O–H groups in total. The Bertz CT molecular complexity index is 392. The van der Waals surface area contributed by atoms with Crippen LogP contribution in [0.5, 0.6) is 0 Å². The van der Waals surface area contributed by atoms with E-state index < -0.39 is 11.7 Å². The molecule has 1 atom stereocenters. The topological polar surface area (TPSA) is 12.0 Å². The van der Waals surface area contributed by atoms with Gasteiger partial charge in [-0.2, -0.15) is 13.2 Å². The summed E-state index contributed by atoms with van der Waals surface area (Å²) in [6.07, 6.45) is -1.49. The summed E-state index contributed by atoms with van der Waals surface area (Å²) in [7, 11) is 0. The van der Waals surface area contributed by atoms with Gasteiger partial charge in [0.25, 0.3) is 0 Å². The van der Waals surface area contributed by atoms with Crippen molar-refractivity contribution in [1.82, 2.24) is 5.32 Å². The molecule has 0 radical (unpaired) electrons. The average molecular weight is 243 g/mol. The number of benzene rings is 1. The Morgan fingerprint density at radius 2 is 2.12 bits per heavy atom. The van der Waals surface area contributed by atoms with Crippen LogP contribution in [0.3, 0.4) is 0 Å². The van der Waals surface area contributed by atoms with E-state index in [1.54, 1.807) is 6.07 Å². The fraction of sp³-hybridized carbons (Fsp3) is 0.538. The lowest BCUT2D eigenvalue weighted by Gasteiger charge is -2.24. The Kier molecular flexibility index (Phi) is 3.17. The largest absolute Gasteiger partial charge is 0.416 e. The molecule has 1 aliphatic heterocycles. The first kappa shape index (κ1) is 12.4. The summed E-state index contributed by atoms with van der Waals surface area (Å²) < 4.78 is 37.7. The number of hydrogen-bond donors (Lipinski definition) is 1. The third kappa shape index (κ3) is 3.00. The monoisotopic (exact) mass is 243 g/mol. The van der Waals surface area contributed by atoms with Gasteiger partial charge in [0.1, 0.15) is 0 Å². The molecule has 1 saturated heterocycles. The van der Waals surface area contributed by atoms with Gasteiger partial charge in [-0.05, 0) is 44.4 Å². The van der Waals surface area contributed by atoms with E-state index in [1.165, 1.54) is 12.1 Å². The number of hydrogen-bond acceptors (Lipinski definition) is 1. The molecule has 0 saturated carbocycles. The van der Waals surface area contributed by atoms with Crippen molar-refractivity contribution in [2.75, 3.05) is 6.54 Å². The molecule has 1 aromatic rings. The van der Waals surface area contributed by atoms with Crippen LogP contribution in [0, 0.1) is 0 Å². The molecule has 1 nitrogen and oxygen atoms in total. The van der Waals surface area contributed by atoms with Crippen LogP contribution >= 0.6 is 0 Å². The van der Waals surface area contributed by atoms with Crippen LogP contribution in [0.2, 0.25) is 0 Å². The van der Waals surface area contributed by atoms with Crippen molar-refractivity contribution >= 4 is 0 Å². The Balaban J connectivity index is 2.17. The minimum absolute atomic E-state index is 0.0514. The molecule has 0 bridgehead atoms. The highest BCUT2D eigenvalue weighted by molar-refractivity contribution is 5.27. The van der Waals surface area contributed by atoms with Crippen molar-refractivity contribution in [2.24, 2.45) is 0 Å². The van der Waals surface area contributed by atoms with Gasteiger partial charge in [0, 0.05) is 5.54 Å². The molecule has 0 amide bonds. The van der Waals surface area contributed by atoms with Crippen molar-refractivity contribution in [2.45, 2.75) is 37.9 Å².